The van der Waals surface area contributed by atoms with Crippen molar-refractivity contribution in [2.45, 2.75) is 0 Å². The second kappa shape index (κ2) is 9.79. The SMILES string of the molecule is COc1ccccc1N1CCN(C(=O)CNC(=O)c2ccc(OC)c([N+](=O)[O-])c2)CC1. The van der Waals surface area contributed by atoms with Crippen molar-refractivity contribution in [3.63, 3.8) is 0 Å². The Morgan fingerprint density at radius 2 is 1.71 bits per heavy atom. The van der Waals surface area contributed by atoms with Gasteiger partial charge in [0.15, 0.2) is 5.75 Å². The number of nitrogens with one attached hydrogen (secondary N) is 1. The van der Waals surface area contributed by atoms with Gasteiger partial charge in [-0.25, -0.2) is 0 Å². The lowest BCUT2D eigenvalue weighted by molar-refractivity contribution is -0.385. The first-order valence-corrected chi connectivity index (χ1v) is 9.71. The molecule has 3 rings (SSSR count). The fourth-order valence-electron chi connectivity index (χ4n) is 3.43. The standard InChI is InChI=1S/C21H24N4O6/c1-30-18-6-4-3-5-16(18)23-9-11-24(12-10-23)20(26)14-22-21(27)15-7-8-19(31-2)17(13-15)25(28)29/h3-8,13H,9-12,14H2,1-2H3,(H,22,27). The zero-order chi connectivity index (χ0) is 22.4. The van der Waals surface area contributed by atoms with Gasteiger partial charge >= 0.3 is 5.69 Å². The Kier molecular flexibility index (Phi) is 6.91. The third-order valence-corrected chi connectivity index (χ3v) is 5.10. The molecular weight excluding hydrogens is 404 g/mol. The molecule has 0 radical (unpaired) electrons. The molecule has 1 heterocycles. The summed E-state index contributed by atoms with van der Waals surface area (Å²) < 4.78 is 10.3. The maximum atomic E-state index is 12.5. The van der Waals surface area contributed by atoms with Crippen molar-refractivity contribution in [1.29, 1.82) is 0 Å². The van der Waals surface area contributed by atoms with Crippen molar-refractivity contribution in [3.8, 4) is 11.5 Å². The lowest BCUT2D eigenvalue weighted by Gasteiger charge is -2.36. The van der Waals surface area contributed by atoms with Crippen molar-refractivity contribution >= 4 is 23.2 Å². The van der Waals surface area contributed by atoms with E-state index in [1.165, 1.54) is 19.2 Å². The van der Waals surface area contributed by atoms with Crippen LogP contribution in [-0.4, -0.2) is 68.6 Å². The van der Waals surface area contributed by atoms with Crippen LogP contribution in [-0.2, 0) is 4.79 Å². The largest absolute Gasteiger partial charge is 0.495 e. The molecule has 0 aliphatic carbocycles. The van der Waals surface area contributed by atoms with Gasteiger partial charge in [0, 0.05) is 37.8 Å². The summed E-state index contributed by atoms with van der Waals surface area (Å²) in [7, 11) is 2.94. The van der Waals surface area contributed by atoms with Gasteiger partial charge in [-0.3, -0.25) is 19.7 Å². The highest BCUT2D eigenvalue weighted by Gasteiger charge is 2.24. The average molecular weight is 428 g/mol. The summed E-state index contributed by atoms with van der Waals surface area (Å²) in [5, 5.41) is 13.7. The minimum absolute atomic E-state index is 0.0607. The van der Waals surface area contributed by atoms with E-state index in [9.17, 15) is 19.7 Å². The zero-order valence-electron chi connectivity index (χ0n) is 17.4. The lowest BCUT2D eigenvalue weighted by Crippen LogP contribution is -2.51. The molecule has 1 N–H and O–H groups in total. The number of amides is 2. The van der Waals surface area contributed by atoms with E-state index in [1.807, 2.05) is 24.3 Å². The number of nitro groups is 1. The molecule has 31 heavy (non-hydrogen) atoms. The highest BCUT2D eigenvalue weighted by Crippen LogP contribution is 2.29. The van der Waals surface area contributed by atoms with E-state index in [0.29, 0.717) is 26.2 Å². The molecule has 10 nitrogen and oxygen atoms in total. The minimum Gasteiger partial charge on any atom is -0.495 e. The third-order valence-electron chi connectivity index (χ3n) is 5.10. The van der Waals surface area contributed by atoms with Crippen LogP contribution in [0.1, 0.15) is 10.4 Å². The zero-order valence-corrected chi connectivity index (χ0v) is 17.4. The molecule has 1 saturated heterocycles. The van der Waals surface area contributed by atoms with E-state index in [2.05, 4.69) is 10.2 Å². The minimum atomic E-state index is -0.623. The lowest BCUT2D eigenvalue weighted by atomic mass is 10.1. The predicted octanol–water partition coefficient (Wildman–Crippen LogP) is 1.69. The maximum absolute atomic E-state index is 12.5. The van der Waals surface area contributed by atoms with E-state index in [4.69, 9.17) is 9.47 Å². The summed E-state index contributed by atoms with van der Waals surface area (Å²) in [4.78, 5) is 39.2. The van der Waals surface area contributed by atoms with Crippen molar-refractivity contribution in [1.82, 2.24) is 10.2 Å². The molecule has 0 saturated carbocycles. The molecule has 10 heteroatoms. The second-order valence-electron chi connectivity index (χ2n) is 6.87. The van der Waals surface area contributed by atoms with Crippen LogP contribution in [0.15, 0.2) is 42.5 Å². The van der Waals surface area contributed by atoms with Crippen LogP contribution in [0.4, 0.5) is 11.4 Å². The van der Waals surface area contributed by atoms with E-state index >= 15 is 0 Å². The number of hydrogen-bond donors (Lipinski definition) is 1. The van der Waals surface area contributed by atoms with Crippen LogP contribution in [0.5, 0.6) is 11.5 Å². The van der Waals surface area contributed by atoms with Crippen LogP contribution < -0.4 is 19.7 Å². The highest BCUT2D eigenvalue weighted by molar-refractivity contribution is 5.97. The molecule has 2 aromatic rings. The number of ether oxygens (including phenoxy) is 2. The molecule has 2 amide bonds. The smallest absolute Gasteiger partial charge is 0.311 e. The molecule has 1 aliphatic rings. The summed E-state index contributed by atoms with van der Waals surface area (Å²) in [6.45, 7) is 2.13. The maximum Gasteiger partial charge on any atom is 0.311 e. The van der Waals surface area contributed by atoms with Gasteiger partial charge in [-0.05, 0) is 24.3 Å². The number of carbonyl (C=O) groups excluding carboxylic acids is 2. The van der Waals surface area contributed by atoms with Gasteiger partial charge in [0.25, 0.3) is 5.91 Å². The van der Waals surface area contributed by atoms with Gasteiger partial charge in [-0.2, -0.15) is 0 Å². The Hall–Kier alpha value is -3.82. The summed E-state index contributed by atoms with van der Waals surface area (Å²) in [5.41, 5.74) is 0.752. The van der Waals surface area contributed by atoms with E-state index in [1.54, 1.807) is 12.0 Å². The van der Waals surface area contributed by atoms with E-state index in [0.717, 1.165) is 17.5 Å². The first-order valence-electron chi connectivity index (χ1n) is 9.71. The fraction of sp³-hybridized carbons (Fsp3) is 0.333. The molecule has 2 aromatic carbocycles. The molecule has 0 atom stereocenters. The molecule has 0 aromatic heterocycles. The molecule has 0 spiro atoms. The molecule has 0 unspecified atom stereocenters. The number of anilines is 1. The van der Waals surface area contributed by atoms with Crippen LogP contribution in [0.2, 0.25) is 0 Å². The van der Waals surface area contributed by atoms with Crippen molar-refractivity contribution < 1.29 is 24.0 Å². The Morgan fingerprint density at radius 1 is 1.03 bits per heavy atom. The quantitative estimate of drug-likeness (QED) is 0.527. The van der Waals surface area contributed by atoms with Gasteiger partial charge in [0.05, 0.1) is 31.4 Å². The first kappa shape index (κ1) is 21.9. The normalized spacial score (nSPS) is 13.5. The number of nitro benzene ring substituents is 1. The Morgan fingerprint density at radius 3 is 2.35 bits per heavy atom. The van der Waals surface area contributed by atoms with Gasteiger partial charge in [-0.15, -0.1) is 0 Å². The fourth-order valence-corrected chi connectivity index (χ4v) is 3.43. The number of carbonyl (C=O) groups is 2. The van der Waals surface area contributed by atoms with E-state index in [-0.39, 0.29) is 29.5 Å². The predicted molar refractivity (Wildman–Crippen MR) is 114 cm³/mol. The first-order chi connectivity index (χ1) is 14.9. The number of hydrogen-bond acceptors (Lipinski definition) is 7. The van der Waals surface area contributed by atoms with Gasteiger partial charge in [0.2, 0.25) is 5.91 Å². The van der Waals surface area contributed by atoms with Crippen molar-refractivity contribution in [2.75, 3.05) is 51.8 Å². The third kappa shape index (κ3) is 5.03. The summed E-state index contributed by atoms with van der Waals surface area (Å²) in [5.74, 6) is 0.0662. The number of para-hydroxylation sites is 2. The number of rotatable bonds is 7. The van der Waals surface area contributed by atoms with Crippen molar-refractivity contribution in [3.05, 3.63) is 58.1 Å². The van der Waals surface area contributed by atoms with Gasteiger partial charge in [-0.1, -0.05) is 12.1 Å². The van der Waals surface area contributed by atoms with Gasteiger partial charge in [0.1, 0.15) is 5.75 Å². The van der Waals surface area contributed by atoms with Crippen LogP contribution >= 0.6 is 0 Å². The molecular formula is C21H24N4O6. The van der Waals surface area contributed by atoms with Crippen LogP contribution in [0.25, 0.3) is 0 Å². The topological polar surface area (TPSA) is 114 Å². The van der Waals surface area contributed by atoms with Gasteiger partial charge < -0.3 is 24.6 Å². The molecule has 1 fully saturated rings. The Bertz CT molecular complexity index is 972. The summed E-state index contributed by atoms with van der Waals surface area (Å²) in [6, 6.07) is 11.6. The summed E-state index contributed by atoms with van der Waals surface area (Å²) >= 11 is 0. The van der Waals surface area contributed by atoms with Crippen LogP contribution in [0.3, 0.4) is 0 Å². The van der Waals surface area contributed by atoms with E-state index < -0.39 is 10.8 Å². The monoisotopic (exact) mass is 428 g/mol. The number of nitrogens with zero attached hydrogens (tertiary/aromatic N) is 3. The number of methoxy groups -OCH3 is 2. The van der Waals surface area contributed by atoms with Crippen LogP contribution in [0, 0.1) is 10.1 Å². The molecule has 164 valence electrons. The molecule has 1 aliphatic heterocycles. The van der Waals surface area contributed by atoms with Crippen molar-refractivity contribution in [2.24, 2.45) is 0 Å². The highest BCUT2D eigenvalue weighted by atomic mass is 16.6. The Balaban J connectivity index is 1.54. The summed E-state index contributed by atoms with van der Waals surface area (Å²) in [6.07, 6.45) is 0. The Labute approximate surface area is 179 Å². The second-order valence-corrected chi connectivity index (χ2v) is 6.87. The number of piperazine rings is 1. The molecule has 0 bridgehead atoms. The number of benzene rings is 2. The average Bonchev–Trinajstić information content (AvgIpc) is 2.81.